The molecule has 1 atom stereocenters. The zero-order valence-electron chi connectivity index (χ0n) is 9.00. The fourth-order valence-corrected chi connectivity index (χ4v) is 1.93. The SMILES string of the molecule is O=C(O)CO[C@H]1CCN(c2ccccc2)C1. The monoisotopic (exact) mass is 221 g/mol. The number of para-hydroxylation sites is 1. The van der Waals surface area contributed by atoms with Gasteiger partial charge in [-0.2, -0.15) is 0 Å². The van der Waals surface area contributed by atoms with E-state index in [0.29, 0.717) is 0 Å². The van der Waals surface area contributed by atoms with E-state index in [1.54, 1.807) is 0 Å². The quantitative estimate of drug-likeness (QED) is 0.834. The minimum absolute atomic E-state index is 0.0382. The standard InChI is InChI=1S/C12H15NO3/c14-12(15)9-16-11-6-7-13(8-11)10-4-2-1-3-5-10/h1-5,11H,6-9H2,(H,14,15)/t11-/m0/s1. The summed E-state index contributed by atoms with van der Waals surface area (Å²) in [6.45, 7) is 1.50. The van der Waals surface area contributed by atoms with Gasteiger partial charge in [0.2, 0.25) is 0 Å². The first-order valence-corrected chi connectivity index (χ1v) is 5.39. The van der Waals surface area contributed by atoms with Gasteiger partial charge in [-0.1, -0.05) is 18.2 Å². The molecule has 1 aromatic rings. The summed E-state index contributed by atoms with van der Waals surface area (Å²) in [5.41, 5.74) is 1.17. The number of nitrogens with zero attached hydrogens (tertiary/aromatic N) is 1. The molecule has 0 spiro atoms. The molecule has 0 aromatic heterocycles. The molecular formula is C12H15NO3. The highest BCUT2D eigenvalue weighted by Gasteiger charge is 2.23. The Hall–Kier alpha value is -1.55. The number of carboxylic acid groups (broad SMARTS) is 1. The molecule has 1 aliphatic heterocycles. The zero-order valence-corrected chi connectivity index (χ0v) is 9.00. The molecule has 0 bridgehead atoms. The van der Waals surface area contributed by atoms with Crippen molar-refractivity contribution in [2.45, 2.75) is 12.5 Å². The number of anilines is 1. The van der Waals surface area contributed by atoms with E-state index in [1.165, 1.54) is 5.69 Å². The number of benzene rings is 1. The topological polar surface area (TPSA) is 49.8 Å². The van der Waals surface area contributed by atoms with Gasteiger partial charge in [0.05, 0.1) is 6.10 Å². The molecule has 0 radical (unpaired) electrons. The molecule has 1 saturated heterocycles. The number of ether oxygens (including phenoxy) is 1. The number of aliphatic carboxylic acids is 1. The highest BCUT2D eigenvalue weighted by Crippen LogP contribution is 2.21. The van der Waals surface area contributed by atoms with E-state index < -0.39 is 5.97 Å². The Morgan fingerprint density at radius 3 is 2.88 bits per heavy atom. The molecule has 0 amide bonds. The van der Waals surface area contributed by atoms with Gasteiger partial charge < -0.3 is 14.7 Å². The van der Waals surface area contributed by atoms with Gasteiger partial charge in [-0.3, -0.25) is 0 Å². The van der Waals surface area contributed by atoms with Gasteiger partial charge in [0.1, 0.15) is 6.61 Å². The Kier molecular flexibility index (Phi) is 3.41. The lowest BCUT2D eigenvalue weighted by Crippen LogP contribution is -2.24. The first kappa shape index (κ1) is 11.0. The van der Waals surface area contributed by atoms with Crippen LogP contribution >= 0.6 is 0 Å². The largest absolute Gasteiger partial charge is 0.480 e. The summed E-state index contributed by atoms with van der Waals surface area (Å²) in [5.74, 6) is -0.904. The Balaban J connectivity index is 1.86. The molecule has 4 heteroatoms. The van der Waals surface area contributed by atoms with E-state index in [4.69, 9.17) is 9.84 Å². The van der Waals surface area contributed by atoms with Crippen molar-refractivity contribution < 1.29 is 14.6 Å². The second-order valence-electron chi connectivity index (χ2n) is 3.90. The molecule has 1 aliphatic rings. The van der Waals surface area contributed by atoms with Crippen molar-refractivity contribution in [3.05, 3.63) is 30.3 Å². The molecule has 0 saturated carbocycles. The van der Waals surface area contributed by atoms with Crippen molar-refractivity contribution in [1.29, 1.82) is 0 Å². The van der Waals surface area contributed by atoms with Gasteiger partial charge in [-0.15, -0.1) is 0 Å². The van der Waals surface area contributed by atoms with Crippen molar-refractivity contribution in [3.8, 4) is 0 Å². The van der Waals surface area contributed by atoms with Crippen LogP contribution in [0, 0.1) is 0 Å². The average molecular weight is 221 g/mol. The second kappa shape index (κ2) is 4.99. The molecule has 4 nitrogen and oxygen atoms in total. The maximum absolute atomic E-state index is 10.4. The van der Waals surface area contributed by atoms with Gasteiger partial charge >= 0.3 is 5.97 Å². The van der Waals surface area contributed by atoms with Crippen LogP contribution in [0.2, 0.25) is 0 Å². The molecular weight excluding hydrogens is 206 g/mol. The van der Waals surface area contributed by atoms with Crippen molar-refractivity contribution in [1.82, 2.24) is 0 Å². The number of carboxylic acids is 1. The van der Waals surface area contributed by atoms with Crippen molar-refractivity contribution >= 4 is 11.7 Å². The fraction of sp³-hybridized carbons (Fsp3) is 0.417. The maximum Gasteiger partial charge on any atom is 0.329 e. The van der Waals surface area contributed by atoms with Crippen LogP contribution < -0.4 is 4.90 Å². The summed E-state index contributed by atoms with van der Waals surface area (Å²) in [5, 5.41) is 8.52. The smallest absolute Gasteiger partial charge is 0.329 e. The average Bonchev–Trinajstić information content (AvgIpc) is 2.76. The molecule has 16 heavy (non-hydrogen) atoms. The molecule has 0 unspecified atom stereocenters. The Morgan fingerprint density at radius 1 is 1.44 bits per heavy atom. The van der Waals surface area contributed by atoms with Crippen LogP contribution in [-0.4, -0.2) is 36.9 Å². The van der Waals surface area contributed by atoms with E-state index in [2.05, 4.69) is 17.0 Å². The normalized spacial score (nSPS) is 20.0. The molecule has 1 aromatic carbocycles. The van der Waals surface area contributed by atoms with Crippen molar-refractivity contribution in [2.75, 3.05) is 24.6 Å². The minimum Gasteiger partial charge on any atom is -0.480 e. The predicted octanol–water partition coefficient (Wildman–Crippen LogP) is 1.37. The van der Waals surface area contributed by atoms with Crippen LogP contribution in [0.4, 0.5) is 5.69 Å². The fourth-order valence-electron chi connectivity index (χ4n) is 1.93. The summed E-state index contributed by atoms with van der Waals surface area (Å²) in [6, 6.07) is 10.1. The van der Waals surface area contributed by atoms with E-state index in [-0.39, 0.29) is 12.7 Å². The highest BCUT2D eigenvalue weighted by atomic mass is 16.5. The number of rotatable bonds is 4. The third kappa shape index (κ3) is 2.73. The lowest BCUT2D eigenvalue weighted by molar-refractivity contribution is -0.143. The number of hydrogen-bond donors (Lipinski definition) is 1. The van der Waals surface area contributed by atoms with E-state index in [9.17, 15) is 4.79 Å². The summed E-state index contributed by atoms with van der Waals surface area (Å²) in [7, 11) is 0. The first-order chi connectivity index (χ1) is 7.75. The molecule has 1 heterocycles. The van der Waals surface area contributed by atoms with Crippen LogP contribution in [0.3, 0.4) is 0 Å². The van der Waals surface area contributed by atoms with Crippen molar-refractivity contribution in [3.63, 3.8) is 0 Å². The number of hydrogen-bond acceptors (Lipinski definition) is 3. The number of carbonyl (C=O) groups is 1. The Labute approximate surface area is 94.4 Å². The van der Waals surface area contributed by atoms with E-state index in [0.717, 1.165) is 19.5 Å². The van der Waals surface area contributed by atoms with Crippen LogP contribution in [0.25, 0.3) is 0 Å². The maximum atomic E-state index is 10.4. The Morgan fingerprint density at radius 2 is 2.19 bits per heavy atom. The van der Waals surface area contributed by atoms with Gasteiger partial charge in [0.25, 0.3) is 0 Å². The van der Waals surface area contributed by atoms with Crippen LogP contribution in [-0.2, 0) is 9.53 Å². The summed E-state index contributed by atoms with van der Waals surface area (Å²) >= 11 is 0. The summed E-state index contributed by atoms with van der Waals surface area (Å²) in [6.07, 6.45) is 0.929. The van der Waals surface area contributed by atoms with Crippen LogP contribution in [0.1, 0.15) is 6.42 Å². The molecule has 2 rings (SSSR count). The summed E-state index contributed by atoms with van der Waals surface area (Å²) < 4.78 is 5.27. The summed E-state index contributed by atoms with van der Waals surface area (Å²) in [4.78, 5) is 12.6. The van der Waals surface area contributed by atoms with E-state index >= 15 is 0 Å². The van der Waals surface area contributed by atoms with Crippen molar-refractivity contribution in [2.24, 2.45) is 0 Å². The lowest BCUT2D eigenvalue weighted by Gasteiger charge is -2.18. The Bertz CT molecular complexity index is 353. The molecule has 1 N–H and O–H groups in total. The molecule has 1 fully saturated rings. The molecule has 86 valence electrons. The third-order valence-electron chi connectivity index (χ3n) is 2.71. The minimum atomic E-state index is -0.904. The first-order valence-electron chi connectivity index (χ1n) is 5.39. The second-order valence-corrected chi connectivity index (χ2v) is 3.90. The van der Waals surface area contributed by atoms with Gasteiger partial charge in [-0.25, -0.2) is 4.79 Å². The molecule has 0 aliphatic carbocycles. The predicted molar refractivity (Wildman–Crippen MR) is 60.6 cm³/mol. The van der Waals surface area contributed by atoms with Gasteiger partial charge in [-0.05, 0) is 18.6 Å². The van der Waals surface area contributed by atoms with Gasteiger partial charge in [0.15, 0.2) is 0 Å². The zero-order chi connectivity index (χ0) is 11.4. The third-order valence-corrected chi connectivity index (χ3v) is 2.71. The van der Waals surface area contributed by atoms with Crippen LogP contribution in [0.15, 0.2) is 30.3 Å². The van der Waals surface area contributed by atoms with Crippen LogP contribution in [0.5, 0.6) is 0 Å². The highest BCUT2D eigenvalue weighted by molar-refractivity contribution is 5.68. The van der Waals surface area contributed by atoms with Gasteiger partial charge in [0, 0.05) is 18.8 Å². The van der Waals surface area contributed by atoms with E-state index in [1.807, 2.05) is 18.2 Å². The lowest BCUT2D eigenvalue weighted by atomic mass is 10.3.